The van der Waals surface area contributed by atoms with E-state index in [1.807, 2.05) is 0 Å². The predicted molar refractivity (Wildman–Crippen MR) is 85.0 cm³/mol. The molecule has 0 fully saturated rings. The number of hydrogen-bond acceptors (Lipinski definition) is 4. The Morgan fingerprint density at radius 3 is 2.83 bits per heavy atom. The van der Waals surface area contributed by atoms with Gasteiger partial charge in [0, 0.05) is 5.02 Å². The highest BCUT2D eigenvalue weighted by atomic mass is 35.5. The highest BCUT2D eigenvalue weighted by Crippen LogP contribution is 2.27. The van der Waals surface area contributed by atoms with Gasteiger partial charge in [0.15, 0.2) is 5.70 Å². The SMILES string of the molecule is COc1ccc(Cl)cc1C1=N/C(=C\c2cccc(F)c2)C(=O)O1. The van der Waals surface area contributed by atoms with Crippen LogP contribution in [0.4, 0.5) is 4.39 Å². The molecule has 0 unspecified atom stereocenters. The summed E-state index contributed by atoms with van der Waals surface area (Å²) in [6.07, 6.45) is 1.45. The minimum atomic E-state index is -0.619. The summed E-state index contributed by atoms with van der Waals surface area (Å²) >= 11 is 5.96. The Hall–Kier alpha value is -2.66. The van der Waals surface area contributed by atoms with Crippen LogP contribution in [0.3, 0.4) is 0 Å². The summed E-state index contributed by atoms with van der Waals surface area (Å²) in [5.41, 5.74) is 1.06. The molecule has 2 aromatic carbocycles. The Kier molecular flexibility index (Phi) is 4.12. The van der Waals surface area contributed by atoms with Gasteiger partial charge in [0.05, 0.1) is 12.7 Å². The van der Waals surface area contributed by atoms with Gasteiger partial charge < -0.3 is 9.47 Å². The van der Waals surface area contributed by atoms with Gasteiger partial charge in [-0.2, -0.15) is 0 Å². The second-order valence-electron chi connectivity index (χ2n) is 4.74. The van der Waals surface area contributed by atoms with Gasteiger partial charge in [0.25, 0.3) is 0 Å². The van der Waals surface area contributed by atoms with Gasteiger partial charge in [-0.15, -0.1) is 0 Å². The number of benzene rings is 2. The number of methoxy groups -OCH3 is 1. The first kappa shape index (κ1) is 15.2. The minimum absolute atomic E-state index is 0.0765. The molecule has 0 N–H and O–H groups in total. The van der Waals surface area contributed by atoms with Gasteiger partial charge in [-0.25, -0.2) is 14.2 Å². The number of carbonyl (C=O) groups excluding carboxylic acids is 1. The molecule has 3 rings (SSSR count). The van der Waals surface area contributed by atoms with E-state index < -0.39 is 11.8 Å². The molecule has 0 radical (unpaired) electrons. The average molecular weight is 332 g/mol. The lowest BCUT2D eigenvalue weighted by atomic mass is 10.2. The van der Waals surface area contributed by atoms with E-state index in [-0.39, 0.29) is 11.6 Å². The predicted octanol–water partition coefficient (Wildman–Crippen LogP) is 3.83. The first-order chi connectivity index (χ1) is 11.1. The largest absolute Gasteiger partial charge is 0.496 e. The summed E-state index contributed by atoms with van der Waals surface area (Å²) < 4.78 is 23.6. The summed E-state index contributed by atoms with van der Waals surface area (Å²) in [4.78, 5) is 16.1. The van der Waals surface area contributed by atoms with Crippen molar-refractivity contribution in [2.45, 2.75) is 0 Å². The molecule has 23 heavy (non-hydrogen) atoms. The Balaban J connectivity index is 2.00. The van der Waals surface area contributed by atoms with Crippen LogP contribution in [0.5, 0.6) is 5.75 Å². The zero-order chi connectivity index (χ0) is 16.4. The van der Waals surface area contributed by atoms with Gasteiger partial charge in [0.2, 0.25) is 5.90 Å². The Morgan fingerprint density at radius 1 is 1.26 bits per heavy atom. The summed E-state index contributed by atoms with van der Waals surface area (Å²) in [5.74, 6) is -0.442. The maximum Gasteiger partial charge on any atom is 0.363 e. The van der Waals surface area contributed by atoms with Crippen molar-refractivity contribution in [1.82, 2.24) is 0 Å². The summed E-state index contributed by atoms with van der Waals surface area (Å²) in [7, 11) is 1.49. The van der Waals surface area contributed by atoms with Crippen molar-refractivity contribution in [2.24, 2.45) is 4.99 Å². The van der Waals surface area contributed by atoms with Gasteiger partial charge in [-0.1, -0.05) is 23.7 Å². The number of esters is 1. The normalized spacial score (nSPS) is 15.5. The highest BCUT2D eigenvalue weighted by Gasteiger charge is 2.26. The molecule has 1 aliphatic rings. The third-order valence-corrected chi connectivity index (χ3v) is 3.40. The number of nitrogens with zero attached hydrogens (tertiary/aromatic N) is 1. The van der Waals surface area contributed by atoms with E-state index in [4.69, 9.17) is 21.1 Å². The number of rotatable bonds is 3. The molecule has 0 aliphatic carbocycles. The molecule has 116 valence electrons. The number of cyclic esters (lactones) is 1. The standard InChI is InChI=1S/C17H11ClFNO3/c1-22-15-6-5-11(18)9-13(15)16-20-14(17(21)23-16)8-10-3-2-4-12(19)7-10/h2-9H,1H3/b14-8-. The number of carbonyl (C=O) groups is 1. The van der Waals surface area contributed by atoms with Crippen molar-refractivity contribution < 1.29 is 18.7 Å². The Labute approximate surface area is 136 Å². The molecule has 0 aromatic heterocycles. The van der Waals surface area contributed by atoms with Gasteiger partial charge in [-0.05, 0) is 42.0 Å². The van der Waals surface area contributed by atoms with E-state index in [2.05, 4.69) is 4.99 Å². The van der Waals surface area contributed by atoms with Crippen LogP contribution in [-0.2, 0) is 9.53 Å². The van der Waals surface area contributed by atoms with E-state index >= 15 is 0 Å². The molecule has 0 atom stereocenters. The third-order valence-electron chi connectivity index (χ3n) is 3.16. The lowest BCUT2D eigenvalue weighted by Gasteiger charge is -2.07. The number of halogens is 2. The molecule has 0 saturated heterocycles. The van der Waals surface area contributed by atoms with Crippen LogP contribution in [0.2, 0.25) is 5.02 Å². The molecule has 4 nitrogen and oxygen atoms in total. The number of ether oxygens (including phenoxy) is 2. The monoisotopic (exact) mass is 331 g/mol. The second kappa shape index (κ2) is 6.22. The molecule has 2 aromatic rings. The molecule has 0 spiro atoms. The molecule has 0 saturated carbocycles. The first-order valence-corrected chi connectivity index (χ1v) is 7.06. The van der Waals surface area contributed by atoms with E-state index in [0.717, 1.165) is 0 Å². The lowest BCUT2D eigenvalue weighted by Crippen LogP contribution is -2.07. The van der Waals surface area contributed by atoms with E-state index in [0.29, 0.717) is 21.9 Å². The summed E-state index contributed by atoms with van der Waals surface area (Å²) in [5, 5.41) is 0.460. The van der Waals surface area contributed by atoms with Crippen molar-refractivity contribution in [2.75, 3.05) is 7.11 Å². The maximum atomic E-state index is 13.2. The van der Waals surface area contributed by atoms with Gasteiger partial charge in [0.1, 0.15) is 11.6 Å². The molecule has 6 heteroatoms. The van der Waals surface area contributed by atoms with Crippen LogP contribution in [0.25, 0.3) is 6.08 Å². The van der Waals surface area contributed by atoms with Crippen LogP contribution >= 0.6 is 11.6 Å². The lowest BCUT2D eigenvalue weighted by molar-refractivity contribution is -0.129. The van der Waals surface area contributed by atoms with Crippen LogP contribution in [0, 0.1) is 5.82 Å². The zero-order valence-electron chi connectivity index (χ0n) is 12.0. The smallest absolute Gasteiger partial charge is 0.363 e. The summed E-state index contributed by atoms with van der Waals surface area (Å²) in [6, 6.07) is 10.7. The van der Waals surface area contributed by atoms with E-state index in [9.17, 15) is 9.18 Å². The zero-order valence-corrected chi connectivity index (χ0v) is 12.8. The number of aliphatic imine (C=N–C) groups is 1. The minimum Gasteiger partial charge on any atom is -0.496 e. The Bertz CT molecular complexity index is 845. The van der Waals surface area contributed by atoms with E-state index in [1.165, 1.54) is 25.3 Å². The highest BCUT2D eigenvalue weighted by molar-refractivity contribution is 6.31. The van der Waals surface area contributed by atoms with Gasteiger partial charge >= 0.3 is 5.97 Å². The third kappa shape index (κ3) is 3.24. The van der Waals surface area contributed by atoms with Crippen molar-refractivity contribution in [3.8, 4) is 5.75 Å². The average Bonchev–Trinajstić information content (AvgIpc) is 2.88. The van der Waals surface area contributed by atoms with Gasteiger partial charge in [-0.3, -0.25) is 0 Å². The number of hydrogen-bond donors (Lipinski definition) is 0. The fourth-order valence-corrected chi connectivity index (χ4v) is 2.30. The van der Waals surface area contributed by atoms with Crippen LogP contribution < -0.4 is 4.74 Å². The molecule has 0 amide bonds. The molecular formula is C17H11ClFNO3. The maximum absolute atomic E-state index is 13.2. The molecule has 1 heterocycles. The van der Waals surface area contributed by atoms with Crippen LogP contribution in [0.1, 0.15) is 11.1 Å². The van der Waals surface area contributed by atoms with Crippen molar-refractivity contribution in [3.05, 3.63) is 70.1 Å². The van der Waals surface area contributed by atoms with Crippen LogP contribution in [0.15, 0.2) is 53.2 Å². The van der Waals surface area contributed by atoms with Crippen molar-refractivity contribution >= 4 is 29.5 Å². The molecule has 1 aliphatic heterocycles. The fourth-order valence-electron chi connectivity index (χ4n) is 2.13. The van der Waals surface area contributed by atoms with E-state index in [1.54, 1.807) is 30.3 Å². The van der Waals surface area contributed by atoms with Crippen molar-refractivity contribution in [1.29, 1.82) is 0 Å². The topological polar surface area (TPSA) is 47.9 Å². The summed E-state index contributed by atoms with van der Waals surface area (Å²) in [6.45, 7) is 0. The van der Waals surface area contributed by atoms with Crippen molar-refractivity contribution in [3.63, 3.8) is 0 Å². The fraction of sp³-hybridized carbons (Fsp3) is 0.0588. The molecule has 0 bridgehead atoms. The second-order valence-corrected chi connectivity index (χ2v) is 5.17. The quantitative estimate of drug-likeness (QED) is 0.634. The Morgan fingerprint density at radius 2 is 2.09 bits per heavy atom. The molecular weight excluding hydrogens is 321 g/mol. The van der Waals surface area contributed by atoms with Crippen LogP contribution in [-0.4, -0.2) is 19.0 Å². The first-order valence-electron chi connectivity index (χ1n) is 6.69.